The Bertz CT molecular complexity index is 1510. The standard InChI is InChI=1S/C42H55N3S/c1-31(2)46-41-33(4)32(3)17-22-37(41)24-26-43-25-23-34-18-20-35(21-19-34)29-45(6)30-36-27-40(44-28-36)42(5,38-13-9-7-10-14-38)39-15-11-8-12-16-39/h7,9-10,13-14,17-22,28,39,43H,1,8,11-12,15-16,23-27,29-30H2,2-6H3. The molecule has 1 aliphatic heterocycles. The summed E-state index contributed by atoms with van der Waals surface area (Å²) >= 11 is 1.81. The van der Waals surface area contributed by atoms with E-state index in [0.29, 0.717) is 5.92 Å². The lowest BCUT2D eigenvalue weighted by atomic mass is 9.63. The van der Waals surface area contributed by atoms with Gasteiger partial charge < -0.3 is 5.32 Å². The number of allylic oxidation sites excluding steroid dienone is 1. The van der Waals surface area contributed by atoms with Gasteiger partial charge in [0.05, 0.1) is 0 Å². The first-order valence-electron chi connectivity index (χ1n) is 17.4. The minimum Gasteiger partial charge on any atom is -0.316 e. The lowest BCUT2D eigenvalue weighted by molar-refractivity contribution is 0.274. The largest absolute Gasteiger partial charge is 0.316 e. The number of aliphatic imine (C=N–C) groups is 1. The van der Waals surface area contributed by atoms with Gasteiger partial charge in [0.1, 0.15) is 0 Å². The Morgan fingerprint density at radius 1 is 0.913 bits per heavy atom. The van der Waals surface area contributed by atoms with Crippen LogP contribution in [0, 0.1) is 19.8 Å². The second-order valence-corrected chi connectivity index (χ2v) is 15.3. The van der Waals surface area contributed by atoms with Crippen LogP contribution in [-0.4, -0.2) is 37.3 Å². The lowest BCUT2D eigenvalue weighted by Crippen LogP contribution is -2.41. The SMILES string of the molecule is C=C(C)Sc1c(CCNCCc2ccc(CN(C)CC3=CN=C(C(C)(c4ccccc4)C4CCCCC4)C3)cc2)ccc(C)c1C. The molecular formula is C42H55N3S. The molecule has 1 heterocycles. The Morgan fingerprint density at radius 2 is 1.61 bits per heavy atom. The van der Waals surface area contributed by atoms with E-state index in [1.165, 1.54) is 81.7 Å². The molecule has 0 radical (unpaired) electrons. The molecule has 1 saturated carbocycles. The number of nitrogens with zero attached hydrogens (tertiary/aromatic N) is 2. The minimum atomic E-state index is 0.0234. The van der Waals surface area contributed by atoms with Gasteiger partial charge in [0, 0.05) is 41.7 Å². The van der Waals surface area contributed by atoms with Crippen LogP contribution in [-0.2, 0) is 24.8 Å². The molecule has 0 bridgehead atoms. The Hall–Kier alpha value is -2.92. The van der Waals surface area contributed by atoms with Crippen LogP contribution in [0.2, 0.25) is 0 Å². The van der Waals surface area contributed by atoms with E-state index in [1.807, 2.05) is 11.8 Å². The number of likely N-dealkylation sites (N-methyl/N-ethyl adjacent to an activating group) is 1. The maximum Gasteiger partial charge on any atom is 0.0339 e. The topological polar surface area (TPSA) is 27.6 Å². The summed E-state index contributed by atoms with van der Waals surface area (Å²) in [5.41, 5.74) is 11.2. The molecule has 3 aromatic carbocycles. The Balaban J connectivity index is 1.07. The summed E-state index contributed by atoms with van der Waals surface area (Å²) in [5, 5.41) is 3.67. The summed E-state index contributed by atoms with van der Waals surface area (Å²) in [6.07, 6.45) is 12.0. The summed E-state index contributed by atoms with van der Waals surface area (Å²) in [6.45, 7) is 17.0. The monoisotopic (exact) mass is 633 g/mol. The van der Waals surface area contributed by atoms with Crippen LogP contribution in [0.1, 0.15) is 85.8 Å². The molecule has 1 unspecified atom stereocenters. The van der Waals surface area contributed by atoms with Crippen molar-refractivity contribution in [3.05, 3.63) is 123 Å². The van der Waals surface area contributed by atoms with Gasteiger partial charge in [-0.25, -0.2) is 0 Å². The number of rotatable bonds is 15. The third-order valence-corrected chi connectivity index (χ3v) is 11.5. The van der Waals surface area contributed by atoms with E-state index in [9.17, 15) is 0 Å². The molecule has 5 rings (SSSR count). The van der Waals surface area contributed by atoms with Crippen molar-refractivity contribution >= 4 is 17.5 Å². The fraction of sp³-hybridized carbons (Fsp3) is 0.452. The molecule has 1 N–H and O–H groups in total. The molecule has 2 aliphatic rings. The van der Waals surface area contributed by atoms with Crippen LogP contribution in [0.3, 0.4) is 0 Å². The zero-order valence-electron chi connectivity index (χ0n) is 29.0. The molecule has 244 valence electrons. The van der Waals surface area contributed by atoms with Gasteiger partial charge in [0.2, 0.25) is 0 Å². The molecule has 1 atom stereocenters. The van der Waals surface area contributed by atoms with Gasteiger partial charge in [-0.15, -0.1) is 0 Å². The average Bonchev–Trinajstić information content (AvgIpc) is 3.53. The van der Waals surface area contributed by atoms with Crippen LogP contribution >= 0.6 is 11.8 Å². The van der Waals surface area contributed by atoms with Crippen LogP contribution in [0.4, 0.5) is 0 Å². The van der Waals surface area contributed by atoms with Gasteiger partial charge in [-0.1, -0.05) is 104 Å². The molecule has 3 aromatic rings. The van der Waals surface area contributed by atoms with E-state index in [0.717, 1.165) is 50.3 Å². The van der Waals surface area contributed by atoms with Crippen molar-refractivity contribution in [2.75, 3.05) is 26.7 Å². The maximum absolute atomic E-state index is 5.11. The Morgan fingerprint density at radius 3 is 2.33 bits per heavy atom. The molecule has 0 aromatic heterocycles. The summed E-state index contributed by atoms with van der Waals surface area (Å²) in [7, 11) is 2.24. The Kier molecular flexibility index (Phi) is 12.2. The molecule has 1 fully saturated rings. The molecular weight excluding hydrogens is 579 g/mol. The van der Waals surface area contributed by atoms with E-state index in [-0.39, 0.29) is 5.41 Å². The quantitative estimate of drug-likeness (QED) is 0.133. The van der Waals surface area contributed by atoms with Gasteiger partial charge >= 0.3 is 0 Å². The van der Waals surface area contributed by atoms with Crippen LogP contribution in [0.25, 0.3) is 0 Å². The Labute approximate surface area is 283 Å². The summed E-state index contributed by atoms with van der Waals surface area (Å²) in [6, 6.07) is 25.0. The van der Waals surface area contributed by atoms with E-state index in [4.69, 9.17) is 4.99 Å². The molecule has 46 heavy (non-hydrogen) atoms. The lowest BCUT2D eigenvalue weighted by Gasteiger charge is -2.41. The summed E-state index contributed by atoms with van der Waals surface area (Å²) in [4.78, 5) is 10.1. The number of nitrogens with one attached hydrogen (secondary N) is 1. The average molecular weight is 634 g/mol. The van der Waals surface area contributed by atoms with Crippen LogP contribution in [0.15, 0.2) is 99.9 Å². The highest BCUT2D eigenvalue weighted by Gasteiger charge is 2.41. The molecule has 1 aliphatic carbocycles. The zero-order valence-corrected chi connectivity index (χ0v) is 29.8. The maximum atomic E-state index is 5.11. The fourth-order valence-corrected chi connectivity index (χ4v) is 8.42. The normalized spacial score (nSPS) is 16.7. The first kappa shape index (κ1) is 34.4. The van der Waals surface area contributed by atoms with Crippen LogP contribution < -0.4 is 5.32 Å². The first-order valence-corrected chi connectivity index (χ1v) is 18.3. The van der Waals surface area contributed by atoms with Gasteiger partial charge in [-0.3, -0.25) is 9.89 Å². The molecule has 4 heteroatoms. The zero-order chi connectivity index (χ0) is 32.5. The molecule has 0 spiro atoms. The number of benzene rings is 3. The van der Waals surface area contributed by atoms with Crippen molar-refractivity contribution in [3.63, 3.8) is 0 Å². The second-order valence-electron chi connectivity index (χ2n) is 14.0. The predicted molar refractivity (Wildman–Crippen MR) is 200 cm³/mol. The van der Waals surface area contributed by atoms with Crippen molar-refractivity contribution in [1.29, 1.82) is 0 Å². The molecule has 3 nitrogen and oxygen atoms in total. The van der Waals surface area contributed by atoms with E-state index >= 15 is 0 Å². The van der Waals surface area contributed by atoms with Crippen molar-refractivity contribution in [2.24, 2.45) is 10.9 Å². The van der Waals surface area contributed by atoms with Crippen molar-refractivity contribution in [2.45, 2.75) is 95.9 Å². The van der Waals surface area contributed by atoms with Gasteiger partial charge in [-0.2, -0.15) is 0 Å². The van der Waals surface area contributed by atoms with Gasteiger partial charge in [0.15, 0.2) is 0 Å². The van der Waals surface area contributed by atoms with E-state index in [2.05, 4.69) is 124 Å². The fourth-order valence-electron chi connectivity index (χ4n) is 7.46. The van der Waals surface area contributed by atoms with Crippen molar-refractivity contribution in [1.82, 2.24) is 10.2 Å². The second kappa shape index (κ2) is 16.3. The van der Waals surface area contributed by atoms with Gasteiger partial charge in [0.25, 0.3) is 0 Å². The third-order valence-electron chi connectivity index (χ3n) is 10.3. The van der Waals surface area contributed by atoms with E-state index in [1.54, 1.807) is 0 Å². The van der Waals surface area contributed by atoms with Crippen molar-refractivity contribution < 1.29 is 0 Å². The summed E-state index contributed by atoms with van der Waals surface area (Å²) in [5.74, 6) is 0.678. The molecule has 0 saturated heterocycles. The van der Waals surface area contributed by atoms with Crippen molar-refractivity contribution in [3.8, 4) is 0 Å². The smallest absolute Gasteiger partial charge is 0.0339 e. The number of aryl methyl sites for hydroxylation is 1. The number of hydrogen-bond acceptors (Lipinski definition) is 4. The van der Waals surface area contributed by atoms with E-state index < -0.39 is 0 Å². The predicted octanol–water partition coefficient (Wildman–Crippen LogP) is 10.0. The highest BCUT2D eigenvalue weighted by molar-refractivity contribution is 8.03. The summed E-state index contributed by atoms with van der Waals surface area (Å²) < 4.78 is 0. The number of thioether (sulfide) groups is 1. The van der Waals surface area contributed by atoms with Gasteiger partial charge in [-0.05, 0) is 123 Å². The third kappa shape index (κ3) is 8.70. The van der Waals surface area contributed by atoms with Crippen LogP contribution in [0.5, 0.6) is 0 Å². The number of hydrogen-bond donors (Lipinski definition) is 1. The highest BCUT2D eigenvalue weighted by Crippen LogP contribution is 2.44. The first-order chi connectivity index (χ1) is 22.2. The molecule has 0 amide bonds. The minimum absolute atomic E-state index is 0.0234. The highest BCUT2D eigenvalue weighted by atomic mass is 32.2.